The third kappa shape index (κ3) is 20.7. The van der Waals surface area contributed by atoms with Crippen LogP contribution in [0.2, 0.25) is 0 Å². The molecule has 32 valence electrons. The summed E-state index contributed by atoms with van der Waals surface area (Å²) in [6, 6.07) is 0. The van der Waals surface area contributed by atoms with Crippen molar-refractivity contribution in [1.82, 2.24) is 0 Å². The van der Waals surface area contributed by atoms with Gasteiger partial charge >= 0.3 is 0.417 Å². The first-order valence-corrected chi connectivity index (χ1v) is 10.8. The Hall–Kier alpha value is 2.58. The second-order valence-corrected chi connectivity index (χ2v) is 30.4. The lowest BCUT2D eigenvalue weighted by Gasteiger charge is -1.80. The van der Waals surface area contributed by atoms with E-state index in [4.69, 9.17) is 4.89 Å². The van der Waals surface area contributed by atoms with Crippen molar-refractivity contribution in [2.75, 3.05) is 0 Å². The zero-order valence-corrected chi connectivity index (χ0v) is 9.40. The lowest BCUT2D eigenvalue weighted by molar-refractivity contribution is 0.658. The Morgan fingerprint density at radius 1 is 1.20 bits per heavy atom. The van der Waals surface area contributed by atoms with Gasteiger partial charge in [-0.25, -0.2) is 4.89 Å². The fourth-order valence-corrected chi connectivity index (χ4v) is 0. The Labute approximate surface area is 70.2 Å². The molecule has 1 N–H and O–H groups in total. The van der Waals surface area contributed by atoms with Gasteiger partial charge in [-0.1, -0.05) is 0 Å². The van der Waals surface area contributed by atoms with Crippen molar-refractivity contribution < 1.29 is 4.89 Å². The molecule has 0 fully saturated rings. The summed E-state index contributed by atoms with van der Waals surface area (Å²) in [6.45, 7) is 0. The molecule has 0 unspecified atom stereocenters. The summed E-state index contributed by atoms with van der Waals surface area (Å²) < 4.78 is -1.48. The molecular weight excluding hydrogens is 428 g/mol. The summed E-state index contributed by atoms with van der Waals surface area (Å²) in [5.41, 5.74) is 0. The standard InChI is InChI=1S/HI3OP/c1-5(2,3)4/h4H/q+1. The van der Waals surface area contributed by atoms with Gasteiger partial charge in [0.2, 0.25) is 66.1 Å². The van der Waals surface area contributed by atoms with E-state index >= 15 is 0 Å². The zero-order valence-electron chi connectivity index (χ0n) is 2.03. The maximum absolute atomic E-state index is 8.59. The quantitative estimate of drug-likeness (QED) is 0.465. The van der Waals surface area contributed by atoms with Crippen LogP contribution in [0.3, 0.4) is 0 Å². The first kappa shape index (κ1) is 7.58. The first-order valence-electron chi connectivity index (χ1n) is 0.707. The molecule has 0 saturated heterocycles. The smallest absolute Gasteiger partial charge is 0.223 e. The molecule has 0 aliphatic heterocycles. The summed E-state index contributed by atoms with van der Waals surface area (Å²) in [4.78, 5) is 8.59. The van der Waals surface area contributed by atoms with E-state index in [0.29, 0.717) is 0 Å². The van der Waals surface area contributed by atoms with Crippen LogP contribution in [0.4, 0.5) is 0 Å². The van der Waals surface area contributed by atoms with Crippen molar-refractivity contribution in [2.24, 2.45) is 0 Å². The van der Waals surface area contributed by atoms with Gasteiger partial charge in [0.05, 0.1) is 0 Å². The largest absolute Gasteiger partial charge is 0.318 e. The van der Waals surface area contributed by atoms with Crippen LogP contribution in [-0.2, 0) is 0 Å². The van der Waals surface area contributed by atoms with Gasteiger partial charge in [0, 0.05) is 0 Å². The van der Waals surface area contributed by atoms with Crippen LogP contribution >= 0.6 is 66.5 Å². The van der Waals surface area contributed by atoms with E-state index in [-0.39, 0.29) is 0 Å². The van der Waals surface area contributed by atoms with Gasteiger partial charge in [-0.15, -0.1) is 0 Å². The van der Waals surface area contributed by atoms with Crippen molar-refractivity contribution in [1.29, 1.82) is 0 Å². The van der Waals surface area contributed by atoms with Gasteiger partial charge in [-0.2, -0.15) is 0 Å². The molecule has 0 aliphatic carbocycles. The van der Waals surface area contributed by atoms with E-state index < -0.39 is 0.417 Å². The van der Waals surface area contributed by atoms with Gasteiger partial charge in [0.25, 0.3) is 0 Å². The highest BCUT2D eigenvalue weighted by molar-refractivity contribution is 14.4. The van der Waals surface area contributed by atoms with Gasteiger partial charge in [-0.3, -0.25) is 0 Å². The molecule has 0 amide bonds. The van der Waals surface area contributed by atoms with Crippen LogP contribution in [0.1, 0.15) is 0 Å². The van der Waals surface area contributed by atoms with Crippen molar-refractivity contribution >= 4 is 66.5 Å². The maximum atomic E-state index is 8.59. The fraction of sp³-hybridized carbons (Fsp3) is 0. The number of rotatable bonds is 0. The average Bonchev–Trinajstić information content (AvgIpc) is 0.722. The minimum Gasteiger partial charge on any atom is -0.223 e. The SMILES string of the molecule is O[P+](I)(I)I. The Balaban J connectivity index is 3.02. The van der Waals surface area contributed by atoms with Gasteiger partial charge in [-0.05, 0) is 0 Å². The molecule has 0 aromatic rings. The average molecular weight is 429 g/mol. The third-order valence-electron chi connectivity index (χ3n) is 0. The van der Waals surface area contributed by atoms with Crippen molar-refractivity contribution in [3.8, 4) is 0 Å². The molecule has 0 radical (unpaired) electrons. The first-order chi connectivity index (χ1) is 2.00. The maximum Gasteiger partial charge on any atom is 0.318 e. The molecule has 0 heterocycles. The van der Waals surface area contributed by atoms with Crippen LogP contribution in [0.5, 0.6) is 0 Å². The zero-order chi connectivity index (χ0) is 4.50. The minimum absolute atomic E-state index is 1.48. The monoisotopic (exact) mass is 429 g/mol. The Morgan fingerprint density at radius 2 is 1.20 bits per heavy atom. The van der Waals surface area contributed by atoms with Crippen LogP contribution in [0.25, 0.3) is 0 Å². The Kier molecular flexibility index (Phi) is 4.22. The molecule has 0 saturated carbocycles. The van der Waals surface area contributed by atoms with Crippen molar-refractivity contribution in [3.05, 3.63) is 0 Å². The molecule has 0 atom stereocenters. The van der Waals surface area contributed by atoms with Gasteiger partial charge in [0.15, 0.2) is 0 Å². The summed E-state index contributed by atoms with van der Waals surface area (Å²) >= 11 is 6.05. The van der Waals surface area contributed by atoms with E-state index in [1.807, 2.05) is 66.1 Å². The highest BCUT2D eigenvalue weighted by atomic mass is 127. The van der Waals surface area contributed by atoms with Gasteiger partial charge < -0.3 is 0 Å². The van der Waals surface area contributed by atoms with E-state index in [9.17, 15) is 0 Å². The van der Waals surface area contributed by atoms with Crippen LogP contribution in [0.15, 0.2) is 0 Å². The summed E-state index contributed by atoms with van der Waals surface area (Å²) in [5, 5.41) is 0. The molecule has 0 aromatic carbocycles. The number of hydrogen-bond acceptors (Lipinski definition) is 1. The summed E-state index contributed by atoms with van der Waals surface area (Å²) in [7, 11) is 0. The molecule has 0 aliphatic rings. The highest BCUT2D eigenvalue weighted by Gasteiger charge is 2.22. The Morgan fingerprint density at radius 3 is 1.20 bits per heavy atom. The molecule has 5 heteroatoms. The number of hydrogen-bond donors (Lipinski definition) is 1. The molecule has 0 spiro atoms. The minimum atomic E-state index is -1.48. The van der Waals surface area contributed by atoms with E-state index in [1.165, 1.54) is 0 Å². The lowest BCUT2D eigenvalue weighted by atomic mass is 15.9. The Bertz CT molecular complexity index is 22.4. The topological polar surface area (TPSA) is 20.2 Å². The van der Waals surface area contributed by atoms with Crippen LogP contribution < -0.4 is 0 Å². The highest BCUT2D eigenvalue weighted by Crippen LogP contribution is 2.78. The lowest BCUT2D eigenvalue weighted by Crippen LogP contribution is -1.38. The molecule has 0 rings (SSSR count). The predicted octanol–water partition coefficient (Wildman–Crippen LogP) is 2.96. The van der Waals surface area contributed by atoms with Crippen molar-refractivity contribution in [2.45, 2.75) is 0 Å². The number of halogens is 3. The van der Waals surface area contributed by atoms with Crippen LogP contribution in [0, 0.1) is 0 Å². The third-order valence-corrected chi connectivity index (χ3v) is 0. The van der Waals surface area contributed by atoms with E-state index in [1.54, 1.807) is 0 Å². The summed E-state index contributed by atoms with van der Waals surface area (Å²) in [6.07, 6.45) is 0. The van der Waals surface area contributed by atoms with Crippen molar-refractivity contribution in [3.63, 3.8) is 0 Å². The fourth-order valence-electron chi connectivity index (χ4n) is 0. The molecule has 0 aromatic heterocycles. The van der Waals surface area contributed by atoms with Gasteiger partial charge in [0.1, 0.15) is 0 Å². The second-order valence-electron chi connectivity index (χ2n) is 0.418. The normalized spacial score (nSPS) is 12.0. The predicted molar refractivity (Wildman–Crippen MR) is 51.2 cm³/mol. The second kappa shape index (κ2) is 2.78. The summed E-state index contributed by atoms with van der Waals surface area (Å²) in [5.74, 6) is 0. The molecule has 0 bridgehead atoms. The van der Waals surface area contributed by atoms with E-state index in [0.717, 1.165) is 0 Å². The molecule has 1 nitrogen and oxygen atoms in total. The molecular formula is HI3OP+. The molecule has 5 heavy (non-hydrogen) atoms. The van der Waals surface area contributed by atoms with E-state index in [2.05, 4.69) is 0 Å². The van der Waals surface area contributed by atoms with Crippen LogP contribution in [-0.4, -0.2) is 4.89 Å².